The van der Waals surface area contributed by atoms with Crippen LogP contribution in [0, 0.1) is 5.92 Å². The molecule has 0 heterocycles. The lowest BCUT2D eigenvalue weighted by atomic mass is 10.0. The van der Waals surface area contributed by atoms with Gasteiger partial charge in [-0.2, -0.15) is 23.5 Å². The van der Waals surface area contributed by atoms with Crippen molar-refractivity contribution < 1.29 is 29.1 Å². The van der Waals surface area contributed by atoms with Crippen molar-refractivity contribution in [3.63, 3.8) is 0 Å². The van der Waals surface area contributed by atoms with E-state index in [1.54, 1.807) is 12.1 Å². The molecule has 7 N–H and O–H groups in total. The van der Waals surface area contributed by atoms with Gasteiger partial charge in [0.25, 0.3) is 11.8 Å². The highest BCUT2D eigenvalue weighted by Gasteiger charge is 2.15. The van der Waals surface area contributed by atoms with E-state index in [4.69, 9.17) is 0 Å². The van der Waals surface area contributed by atoms with E-state index in [-0.39, 0.29) is 59.3 Å². The molecule has 1 rings (SSSR count). The molecule has 0 aliphatic heterocycles. The van der Waals surface area contributed by atoms with Gasteiger partial charge in [-0.15, -0.1) is 0 Å². The Labute approximate surface area is 269 Å². The zero-order chi connectivity index (χ0) is 33.1. The molecule has 0 aliphatic carbocycles. The summed E-state index contributed by atoms with van der Waals surface area (Å²) in [4.78, 5) is 61.8. The Kier molecular flexibility index (Phi) is 19.2. The minimum atomic E-state index is -0.516. The number of carbonyl (C=O) groups excluding carboxylic acids is 5. The first-order valence-corrected chi connectivity index (χ1v) is 17.2. The topological polar surface area (TPSA) is 178 Å². The first kappa shape index (κ1) is 39.1. The first-order valence-electron chi connectivity index (χ1n) is 14.9. The number of hydrogen-bond donors (Lipinski definition) is 7. The molecule has 0 aliphatic rings. The largest absolute Gasteiger partial charge is 0.393 e. The van der Waals surface area contributed by atoms with Gasteiger partial charge in [0.2, 0.25) is 11.8 Å². The molecule has 12 nitrogen and oxygen atoms in total. The predicted molar refractivity (Wildman–Crippen MR) is 178 cm³/mol. The molecule has 1 atom stereocenters. The second kappa shape index (κ2) is 21.7. The Morgan fingerprint density at radius 1 is 0.682 bits per heavy atom. The quantitative estimate of drug-likeness (QED) is 0.104. The van der Waals surface area contributed by atoms with Crippen LogP contribution in [-0.4, -0.2) is 95.6 Å². The van der Waals surface area contributed by atoms with Crippen molar-refractivity contribution in [3.05, 3.63) is 34.9 Å². The summed E-state index contributed by atoms with van der Waals surface area (Å²) < 4.78 is 0. The molecule has 6 amide bonds. The van der Waals surface area contributed by atoms with Crippen molar-refractivity contribution >= 4 is 53.2 Å². The van der Waals surface area contributed by atoms with E-state index >= 15 is 0 Å². The maximum atomic E-state index is 13.0. The van der Waals surface area contributed by atoms with Crippen LogP contribution in [0.3, 0.4) is 0 Å². The van der Waals surface area contributed by atoms with E-state index in [9.17, 15) is 29.1 Å². The number of rotatable bonds is 20. The van der Waals surface area contributed by atoms with E-state index in [1.807, 2.05) is 41.5 Å². The Hall–Kier alpha value is -2.97. The van der Waals surface area contributed by atoms with Crippen LogP contribution in [-0.2, 0) is 16.1 Å². The molecule has 0 fully saturated rings. The minimum absolute atomic E-state index is 0.0646. The number of carbonyl (C=O) groups is 5. The number of hydrogen-bond acceptors (Lipinski definition) is 8. The summed E-state index contributed by atoms with van der Waals surface area (Å²) in [6, 6.07) is 4.42. The molecule has 1 unspecified atom stereocenters. The number of aliphatic hydroxyl groups is 1. The fourth-order valence-corrected chi connectivity index (χ4v) is 5.02. The molecule has 0 aromatic heterocycles. The van der Waals surface area contributed by atoms with Gasteiger partial charge in [-0.25, -0.2) is 4.79 Å². The summed E-state index contributed by atoms with van der Waals surface area (Å²) in [7, 11) is 0. The van der Waals surface area contributed by atoms with Crippen molar-refractivity contribution in [3.8, 4) is 0 Å². The van der Waals surface area contributed by atoms with Crippen LogP contribution >= 0.6 is 23.5 Å². The lowest BCUT2D eigenvalue weighted by Gasteiger charge is -2.15. The summed E-state index contributed by atoms with van der Waals surface area (Å²) in [6.07, 6.45) is -0.0929. The molecule has 0 bridgehead atoms. The Morgan fingerprint density at radius 3 is 1.59 bits per heavy atom. The number of benzene rings is 1. The Bertz CT molecular complexity index is 1020. The van der Waals surface area contributed by atoms with Gasteiger partial charge in [0.1, 0.15) is 0 Å². The highest BCUT2D eigenvalue weighted by Crippen LogP contribution is 2.12. The molecule has 44 heavy (non-hydrogen) atoms. The summed E-state index contributed by atoms with van der Waals surface area (Å²) in [6.45, 7) is 12.4. The van der Waals surface area contributed by atoms with Gasteiger partial charge in [-0.1, -0.05) is 13.8 Å². The van der Waals surface area contributed by atoms with E-state index in [0.29, 0.717) is 54.6 Å². The van der Waals surface area contributed by atoms with Gasteiger partial charge >= 0.3 is 6.03 Å². The average molecular weight is 655 g/mol. The number of amides is 6. The van der Waals surface area contributed by atoms with Gasteiger partial charge in [-0.05, 0) is 63.8 Å². The second-order valence-electron chi connectivity index (χ2n) is 11.2. The maximum Gasteiger partial charge on any atom is 0.315 e. The fraction of sp³-hybridized carbons (Fsp3) is 0.633. The smallest absolute Gasteiger partial charge is 0.315 e. The number of aliphatic hydroxyl groups excluding tert-OH is 1. The summed E-state index contributed by atoms with van der Waals surface area (Å²) >= 11 is 2.80. The molecule has 14 heteroatoms. The molecule has 1 aromatic rings. The van der Waals surface area contributed by atoms with Crippen LogP contribution < -0.4 is 31.9 Å². The zero-order valence-electron chi connectivity index (χ0n) is 26.7. The third-order valence-corrected chi connectivity index (χ3v) is 7.81. The fourth-order valence-electron chi connectivity index (χ4n) is 3.70. The number of thioether (sulfide) groups is 2. The molecule has 0 spiro atoms. The molecule has 0 saturated heterocycles. The van der Waals surface area contributed by atoms with Crippen LogP contribution in [0.1, 0.15) is 74.2 Å². The van der Waals surface area contributed by atoms with Crippen molar-refractivity contribution in [2.45, 2.75) is 72.7 Å². The summed E-state index contributed by atoms with van der Waals surface area (Å²) in [5, 5.41) is 26.6. The molecule has 0 radical (unpaired) electrons. The Balaban J connectivity index is 2.78. The minimum Gasteiger partial charge on any atom is -0.393 e. The van der Waals surface area contributed by atoms with Crippen LogP contribution in [0.5, 0.6) is 0 Å². The van der Waals surface area contributed by atoms with Crippen LogP contribution in [0.15, 0.2) is 18.2 Å². The summed E-state index contributed by atoms with van der Waals surface area (Å²) in [5.41, 5.74) is 1.08. The van der Waals surface area contributed by atoms with E-state index in [2.05, 4.69) is 31.9 Å². The molecule has 0 saturated carbocycles. The number of nitrogens with one attached hydrogen (secondary N) is 6. The van der Waals surface area contributed by atoms with Crippen LogP contribution in [0.4, 0.5) is 4.79 Å². The highest BCUT2D eigenvalue weighted by molar-refractivity contribution is 8.00. The normalized spacial score (nSPS) is 11.7. The molecule has 248 valence electrons. The highest BCUT2D eigenvalue weighted by atomic mass is 32.2. The number of urea groups is 1. The second-order valence-corrected chi connectivity index (χ2v) is 13.4. The van der Waals surface area contributed by atoms with Crippen LogP contribution in [0.25, 0.3) is 0 Å². The van der Waals surface area contributed by atoms with E-state index < -0.39 is 12.1 Å². The first-order chi connectivity index (χ1) is 20.8. The van der Waals surface area contributed by atoms with Crippen molar-refractivity contribution in [2.24, 2.45) is 5.92 Å². The lowest BCUT2D eigenvalue weighted by Crippen LogP contribution is -2.37. The zero-order valence-corrected chi connectivity index (χ0v) is 28.3. The van der Waals surface area contributed by atoms with Crippen LogP contribution in [0.2, 0.25) is 0 Å². The van der Waals surface area contributed by atoms with E-state index in [0.717, 1.165) is 0 Å². The van der Waals surface area contributed by atoms with Gasteiger partial charge in [0.05, 0.1) is 17.6 Å². The van der Waals surface area contributed by atoms with Crippen molar-refractivity contribution in [2.75, 3.05) is 42.6 Å². The van der Waals surface area contributed by atoms with Gasteiger partial charge < -0.3 is 37.0 Å². The lowest BCUT2D eigenvalue weighted by molar-refractivity contribution is -0.119. The van der Waals surface area contributed by atoms with Crippen molar-refractivity contribution in [1.82, 2.24) is 31.9 Å². The van der Waals surface area contributed by atoms with Gasteiger partial charge in [0, 0.05) is 60.9 Å². The standard InChI is InChI=1S/C30H50N6O6S2/c1-19(2)25(37)7-8-33-30(42)34-16-22-13-23(28(40)31-9-11-43-17-26(38)35-20(3)4)15-24(14-22)29(41)32-10-12-44-18-27(39)36-21(5)6/h13-15,19-21,25,37H,7-12,16-18H2,1-6H3,(H,31,40)(H,32,41)(H,35,38)(H,36,39)(H2,33,34,42). The van der Waals surface area contributed by atoms with Crippen molar-refractivity contribution in [1.29, 1.82) is 0 Å². The third-order valence-electron chi connectivity index (χ3n) is 5.90. The Morgan fingerprint density at radius 2 is 1.16 bits per heavy atom. The SMILES string of the molecule is CC(C)NC(=O)CSCCNC(=O)c1cc(CNC(=O)NCCC(O)C(C)C)cc(C(=O)NCCSCC(=O)NC(C)C)c1. The maximum absolute atomic E-state index is 13.0. The molecular formula is C30H50N6O6S2. The monoisotopic (exact) mass is 654 g/mol. The molecule has 1 aromatic carbocycles. The average Bonchev–Trinajstić information content (AvgIpc) is 2.94. The predicted octanol–water partition coefficient (Wildman–Crippen LogP) is 1.87. The summed E-state index contributed by atoms with van der Waals surface area (Å²) in [5.74, 6) is 0.837. The third kappa shape index (κ3) is 18.0. The van der Waals surface area contributed by atoms with E-state index in [1.165, 1.54) is 29.6 Å². The molecular weight excluding hydrogens is 605 g/mol. The van der Waals surface area contributed by atoms with Gasteiger partial charge in [-0.3, -0.25) is 19.2 Å². The van der Waals surface area contributed by atoms with Gasteiger partial charge in [0.15, 0.2) is 0 Å².